The van der Waals surface area contributed by atoms with Crippen LogP contribution in [0.2, 0.25) is 0 Å². The Morgan fingerprint density at radius 3 is 2.57 bits per heavy atom. The van der Waals surface area contributed by atoms with Crippen molar-refractivity contribution in [1.82, 2.24) is 0 Å². The van der Waals surface area contributed by atoms with Crippen molar-refractivity contribution in [3.63, 3.8) is 0 Å². The van der Waals surface area contributed by atoms with Crippen molar-refractivity contribution in [1.29, 1.82) is 0 Å². The van der Waals surface area contributed by atoms with E-state index in [1.807, 2.05) is 18.2 Å². The first-order valence-electron chi connectivity index (χ1n) is 4.60. The zero-order chi connectivity index (χ0) is 10.4. The van der Waals surface area contributed by atoms with Crippen molar-refractivity contribution in [3.8, 4) is 0 Å². The Kier molecular flexibility index (Phi) is 4.60. The van der Waals surface area contributed by atoms with Crippen LogP contribution in [0.5, 0.6) is 0 Å². The van der Waals surface area contributed by atoms with Crippen molar-refractivity contribution in [2.45, 2.75) is 19.8 Å². The van der Waals surface area contributed by atoms with Crippen LogP contribution in [0.15, 0.2) is 40.9 Å². The fraction of sp³-hybridized carbons (Fsp3) is 0.250. The van der Waals surface area contributed by atoms with Gasteiger partial charge in [0.1, 0.15) is 0 Å². The number of halogens is 1. The molecule has 0 aliphatic heterocycles. The van der Waals surface area contributed by atoms with E-state index in [1.54, 1.807) is 13.0 Å². The molecule has 0 saturated carbocycles. The molecule has 0 atom stereocenters. The van der Waals surface area contributed by atoms with Gasteiger partial charge in [0.05, 0.1) is 0 Å². The first-order valence-corrected chi connectivity index (χ1v) is 5.39. The van der Waals surface area contributed by atoms with Crippen molar-refractivity contribution in [2.24, 2.45) is 0 Å². The van der Waals surface area contributed by atoms with Crippen LogP contribution in [-0.4, -0.2) is 5.78 Å². The molecular formula is C12H13BrO. The summed E-state index contributed by atoms with van der Waals surface area (Å²) in [4.78, 5) is 10.6. The minimum atomic E-state index is 0.112. The molecule has 1 aromatic rings. The van der Waals surface area contributed by atoms with Gasteiger partial charge in [-0.2, -0.15) is 0 Å². The van der Waals surface area contributed by atoms with Gasteiger partial charge in [-0.1, -0.05) is 34.1 Å². The Bertz CT molecular complexity index is 325. The Labute approximate surface area is 93.0 Å². The highest BCUT2D eigenvalue weighted by molar-refractivity contribution is 9.10. The number of allylic oxidation sites excluding steroid dienone is 2. The predicted molar refractivity (Wildman–Crippen MR) is 62.3 cm³/mol. The molecule has 2 heteroatoms. The van der Waals surface area contributed by atoms with E-state index in [9.17, 15) is 4.79 Å². The van der Waals surface area contributed by atoms with Crippen LogP contribution < -0.4 is 0 Å². The predicted octanol–water partition coefficient (Wildman–Crippen LogP) is 3.53. The zero-order valence-corrected chi connectivity index (χ0v) is 9.75. The van der Waals surface area contributed by atoms with Gasteiger partial charge in [0.25, 0.3) is 0 Å². The third kappa shape index (κ3) is 4.38. The molecule has 0 amide bonds. The van der Waals surface area contributed by atoms with Gasteiger partial charge in [-0.3, -0.25) is 4.79 Å². The molecule has 14 heavy (non-hydrogen) atoms. The van der Waals surface area contributed by atoms with E-state index in [4.69, 9.17) is 0 Å². The summed E-state index contributed by atoms with van der Waals surface area (Å²) in [6, 6.07) is 8.24. The number of hydrogen-bond donors (Lipinski definition) is 0. The molecule has 0 N–H and O–H groups in total. The Balaban J connectivity index is 2.39. The summed E-state index contributed by atoms with van der Waals surface area (Å²) in [7, 11) is 0. The van der Waals surface area contributed by atoms with Crippen LogP contribution in [0, 0.1) is 0 Å². The smallest absolute Gasteiger partial charge is 0.152 e. The van der Waals surface area contributed by atoms with E-state index >= 15 is 0 Å². The Hall–Kier alpha value is -0.890. The van der Waals surface area contributed by atoms with Gasteiger partial charge in [-0.15, -0.1) is 0 Å². The maximum Gasteiger partial charge on any atom is 0.152 e. The number of aryl methyl sites for hydroxylation is 1. The maximum absolute atomic E-state index is 10.6. The molecular weight excluding hydrogens is 240 g/mol. The Morgan fingerprint density at radius 1 is 1.36 bits per heavy atom. The molecule has 0 radical (unpaired) electrons. The van der Waals surface area contributed by atoms with Crippen LogP contribution in [0.1, 0.15) is 18.9 Å². The average Bonchev–Trinajstić information content (AvgIpc) is 2.15. The van der Waals surface area contributed by atoms with E-state index in [-0.39, 0.29) is 5.78 Å². The van der Waals surface area contributed by atoms with Crippen molar-refractivity contribution < 1.29 is 4.79 Å². The molecule has 0 unspecified atom stereocenters. The summed E-state index contributed by atoms with van der Waals surface area (Å²) in [6.45, 7) is 1.57. The lowest BCUT2D eigenvalue weighted by Crippen LogP contribution is -1.84. The third-order valence-corrected chi connectivity index (χ3v) is 2.39. The summed E-state index contributed by atoms with van der Waals surface area (Å²) in [6.07, 6.45) is 5.45. The Morgan fingerprint density at radius 2 is 2.00 bits per heavy atom. The van der Waals surface area contributed by atoms with Gasteiger partial charge < -0.3 is 0 Å². The summed E-state index contributed by atoms with van der Waals surface area (Å²) in [5, 5.41) is 0. The summed E-state index contributed by atoms with van der Waals surface area (Å²) in [5.41, 5.74) is 1.29. The lowest BCUT2D eigenvalue weighted by molar-refractivity contribution is -0.112. The summed E-state index contributed by atoms with van der Waals surface area (Å²) < 4.78 is 1.10. The normalized spacial score (nSPS) is 10.7. The SMILES string of the molecule is CC(=O)/C=C/CCc1ccc(Br)cc1. The van der Waals surface area contributed by atoms with Gasteiger partial charge in [-0.25, -0.2) is 0 Å². The standard InChI is InChI=1S/C12H13BrO/c1-10(14)4-2-3-5-11-6-8-12(13)9-7-11/h2,4,6-9H,3,5H2,1H3/b4-2+. The molecule has 0 spiro atoms. The molecule has 0 aromatic heterocycles. The number of rotatable bonds is 4. The molecule has 0 saturated heterocycles. The second-order valence-electron chi connectivity index (χ2n) is 3.18. The van der Waals surface area contributed by atoms with Crippen LogP contribution in [0.25, 0.3) is 0 Å². The van der Waals surface area contributed by atoms with E-state index in [0.29, 0.717) is 0 Å². The fourth-order valence-electron chi connectivity index (χ4n) is 1.15. The number of benzene rings is 1. The first-order chi connectivity index (χ1) is 6.68. The molecule has 74 valence electrons. The second-order valence-corrected chi connectivity index (χ2v) is 4.09. The van der Waals surface area contributed by atoms with Crippen LogP contribution in [-0.2, 0) is 11.2 Å². The average molecular weight is 253 g/mol. The van der Waals surface area contributed by atoms with E-state index in [1.165, 1.54) is 5.56 Å². The number of hydrogen-bond acceptors (Lipinski definition) is 1. The monoisotopic (exact) mass is 252 g/mol. The van der Waals surface area contributed by atoms with Crippen LogP contribution in [0.3, 0.4) is 0 Å². The van der Waals surface area contributed by atoms with Gasteiger partial charge in [0.15, 0.2) is 5.78 Å². The molecule has 1 nitrogen and oxygen atoms in total. The molecule has 0 aliphatic rings. The molecule has 0 bridgehead atoms. The quantitative estimate of drug-likeness (QED) is 0.750. The summed E-state index contributed by atoms with van der Waals surface area (Å²) in [5.74, 6) is 0.112. The second kappa shape index (κ2) is 5.76. The molecule has 0 aliphatic carbocycles. The zero-order valence-electron chi connectivity index (χ0n) is 8.16. The lowest BCUT2D eigenvalue weighted by Gasteiger charge is -1.97. The first kappa shape index (κ1) is 11.2. The van der Waals surface area contributed by atoms with Crippen molar-refractivity contribution in [3.05, 3.63) is 46.5 Å². The highest BCUT2D eigenvalue weighted by Crippen LogP contribution is 2.11. The lowest BCUT2D eigenvalue weighted by atomic mass is 10.1. The number of carbonyl (C=O) groups excluding carboxylic acids is 1. The van der Waals surface area contributed by atoms with E-state index in [2.05, 4.69) is 28.1 Å². The highest BCUT2D eigenvalue weighted by Gasteiger charge is 1.91. The number of carbonyl (C=O) groups is 1. The van der Waals surface area contributed by atoms with E-state index in [0.717, 1.165) is 17.3 Å². The maximum atomic E-state index is 10.6. The number of ketones is 1. The van der Waals surface area contributed by atoms with Gasteiger partial charge >= 0.3 is 0 Å². The van der Waals surface area contributed by atoms with Gasteiger partial charge in [-0.05, 0) is 43.5 Å². The third-order valence-electron chi connectivity index (χ3n) is 1.87. The molecule has 0 fully saturated rings. The van der Waals surface area contributed by atoms with Gasteiger partial charge in [0.2, 0.25) is 0 Å². The van der Waals surface area contributed by atoms with Crippen LogP contribution >= 0.6 is 15.9 Å². The van der Waals surface area contributed by atoms with E-state index < -0.39 is 0 Å². The van der Waals surface area contributed by atoms with Crippen molar-refractivity contribution in [2.75, 3.05) is 0 Å². The minimum absolute atomic E-state index is 0.112. The van der Waals surface area contributed by atoms with Gasteiger partial charge in [0, 0.05) is 4.47 Å². The van der Waals surface area contributed by atoms with Crippen molar-refractivity contribution >= 4 is 21.7 Å². The summed E-state index contributed by atoms with van der Waals surface area (Å²) >= 11 is 3.39. The largest absolute Gasteiger partial charge is 0.295 e. The molecule has 1 aromatic carbocycles. The minimum Gasteiger partial charge on any atom is -0.295 e. The molecule has 0 heterocycles. The molecule has 1 rings (SSSR count). The highest BCUT2D eigenvalue weighted by atomic mass is 79.9. The topological polar surface area (TPSA) is 17.1 Å². The van der Waals surface area contributed by atoms with Crippen LogP contribution in [0.4, 0.5) is 0 Å². The fourth-order valence-corrected chi connectivity index (χ4v) is 1.41.